The minimum atomic E-state index is -0.700. The molecule has 0 radical (unpaired) electrons. The number of nitrogens with one attached hydrogen (secondary N) is 2. The molecule has 4 aromatic heterocycles. The van der Waals surface area contributed by atoms with Gasteiger partial charge in [0.05, 0.1) is 36.0 Å². The molecule has 0 bridgehead atoms. The zero-order valence-electron chi connectivity index (χ0n) is 18.6. The monoisotopic (exact) mass is 476 g/mol. The number of nitrogens with two attached hydrogens (primary N) is 1. The van der Waals surface area contributed by atoms with Crippen molar-refractivity contribution in [1.29, 1.82) is 0 Å². The number of H-pyrrole nitrogens is 2. The molecule has 14 heteroatoms. The molecule has 4 aromatic rings. The van der Waals surface area contributed by atoms with Crippen molar-refractivity contribution in [3.05, 3.63) is 42.4 Å². The molecule has 0 atom stereocenters. The van der Waals surface area contributed by atoms with E-state index in [9.17, 15) is 14.4 Å². The molecule has 0 aromatic carbocycles. The predicted octanol–water partition coefficient (Wildman–Crippen LogP) is -0.104. The number of piperazine rings is 1. The van der Waals surface area contributed by atoms with E-state index in [2.05, 4.69) is 35.1 Å². The van der Waals surface area contributed by atoms with Crippen LogP contribution in [0.5, 0.6) is 5.75 Å². The quantitative estimate of drug-likeness (QED) is 0.259. The number of fused-ring (bicyclic) bond motifs is 1. The maximum Gasteiger partial charge on any atom is 0.295 e. The molecular formula is C21H20N10O4. The van der Waals surface area contributed by atoms with E-state index in [1.54, 1.807) is 12.4 Å². The van der Waals surface area contributed by atoms with Gasteiger partial charge in [0, 0.05) is 44.8 Å². The fourth-order valence-electron chi connectivity index (χ4n) is 3.96. The second kappa shape index (κ2) is 8.81. The minimum Gasteiger partial charge on any atom is -0.494 e. The maximum atomic E-state index is 13.2. The first-order valence-corrected chi connectivity index (χ1v) is 10.6. The first-order chi connectivity index (χ1) is 17.0. The highest BCUT2D eigenvalue weighted by Gasteiger charge is 2.32. The number of Topliss-reactive ketones (excluding diaryl/α,β-unsaturated/α-hetero) is 1. The highest BCUT2D eigenvalue weighted by Crippen LogP contribution is 2.34. The number of methoxy groups -OCH3 is 1. The summed E-state index contributed by atoms with van der Waals surface area (Å²) in [5, 5.41) is 6.56. The fourth-order valence-corrected chi connectivity index (χ4v) is 3.96. The van der Waals surface area contributed by atoms with Crippen LogP contribution in [0.4, 0.5) is 5.95 Å². The second-order valence-electron chi connectivity index (χ2n) is 7.67. The number of carbonyl (C=O) groups excluding carboxylic acids is 3. The summed E-state index contributed by atoms with van der Waals surface area (Å²) in [6.07, 6.45) is 7.56. The Labute approximate surface area is 197 Å². The summed E-state index contributed by atoms with van der Waals surface area (Å²) >= 11 is 0. The molecule has 35 heavy (non-hydrogen) atoms. The number of carbonyl (C=O) groups is 3. The molecule has 2 amide bonds. The average Bonchev–Trinajstić information content (AvgIpc) is 3.54. The molecule has 0 aliphatic carbocycles. The average molecular weight is 476 g/mol. The van der Waals surface area contributed by atoms with E-state index < -0.39 is 11.7 Å². The lowest BCUT2D eigenvalue weighted by Gasteiger charge is -2.33. The van der Waals surface area contributed by atoms with Crippen molar-refractivity contribution in [1.82, 2.24) is 44.9 Å². The number of aromatic amines is 2. The highest BCUT2D eigenvalue weighted by molar-refractivity contribution is 6.45. The topological polar surface area (TPSA) is 189 Å². The van der Waals surface area contributed by atoms with Crippen LogP contribution in [0.3, 0.4) is 0 Å². The van der Waals surface area contributed by atoms with Crippen molar-refractivity contribution in [2.24, 2.45) is 0 Å². The number of nitrogens with zero attached hydrogens (tertiary/aromatic N) is 7. The molecule has 0 saturated carbocycles. The summed E-state index contributed by atoms with van der Waals surface area (Å²) in [5.41, 5.74) is 7.09. The number of pyridine rings is 1. The van der Waals surface area contributed by atoms with Crippen molar-refractivity contribution in [3.8, 4) is 17.1 Å². The summed E-state index contributed by atoms with van der Waals surface area (Å²) < 4.78 is 5.41. The molecule has 0 spiro atoms. The van der Waals surface area contributed by atoms with E-state index in [1.807, 2.05) is 0 Å². The SMILES string of the molecule is COc1cnc(-c2cnccn2)c2[nH]cc(C(=O)C(=O)N3CCN(C(=O)c4nc(N)n[nH]4)CC3)c12. The number of ether oxygens (including phenoxy) is 1. The zero-order chi connectivity index (χ0) is 24.5. The Balaban J connectivity index is 1.37. The van der Waals surface area contributed by atoms with Gasteiger partial charge in [-0.2, -0.15) is 4.98 Å². The lowest BCUT2D eigenvalue weighted by Crippen LogP contribution is -2.52. The van der Waals surface area contributed by atoms with Crippen LogP contribution in [0.25, 0.3) is 22.3 Å². The van der Waals surface area contributed by atoms with Gasteiger partial charge in [-0.1, -0.05) is 0 Å². The lowest BCUT2D eigenvalue weighted by molar-refractivity contribution is -0.127. The maximum absolute atomic E-state index is 13.2. The standard InChI is InChI=1S/C21H20N10O4/c1-35-13-10-26-15(12-9-23-2-3-24-12)16-14(13)11(8-25-16)17(32)19(33)30-4-6-31(7-5-30)20(34)18-27-21(22)29-28-18/h2-3,8-10,25H,4-7H2,1H3,(H3,22,27,28,29). The van der Waals surface area contributed by atoms with E-state index in [-0.39, 0.29) is 49.4 Å². The molecule has 1 aliphatic rings. The highest BCUT2D eigenvalue weighted by atomic mass is 16.5. The van der Waals surface area contributed by atoms with Gasteiger partial charge in [0.25, 0.3) is 17.6 Å². The van der Waals surface area contributed by atoms with Crippen molar-refractivity contribution in [2.75, 3.05) is 39.0 Å². The molecule has 1 saturated heterocycles. The van der Waals surface area contributed by atoms with E-state index in [0.29, 0.717) is 28.0 Å². The number of anilines is 1. The van der Waals surface area contributed by atoms with E-state index >= 15 is 0 Å². The van der Waals surface area contributed by atoms with Crippen LogP contribution in [0.2, 0.25) is 0 Å². The largest absolute Gasteiger partial charge is 0.494 e. The van der Waals surface area contributed by atoms with Crippen LogP contribution in [-0.2, 0) is 4.79 Å². The lowest BCUT2D eigenvalue weighted by atomic mass is 10.1. The first kappa shape index (κ1) is 21.9. The van der Waals surface area contributed by atoms with Crippen molar-refractivity contribution in [2.45, 2.75) is 0 Å². The van der Waals surface area contributed by atoms with Gasteiger partial charge >= 0.3 is 0 Å². The second-order valence-corrected chi connectivity index (χ2v) is 7.67. The van der Waals surface area contributed by atoms with E-state index in [4.69, 9.17) is 10.5 Å². The Hall–Kier alpha value is -4.88. The van der Waals surface area contributed by atoms with Crippen molar-refractivity contribution >= 4 is 34.4 Å². The Kier molecular flexibility index (Phi) is 5.52. The van der Waals surface area contributed by atoms with Crippen LogP contribution in [-0.4, -0.2) is 95.8 Å². The summed E-state index contributed by atoms with van der Waals surface area (Å²) in [6.45, 7) is 0.838. The molecule has 1 aliphatic heterocycles. The van der Waals surface area contributed by atoms with Gasteiger partial charge in [0.1, 0.15) is 17.1 Å². The van der Waals surface area contributed by atoms with Crippen LogP contribution in [0.15, 0.2) is 31.0 Å². The van der Waals surface area contributed by atoms with Crippen LogP contribution in [0.1, 0.15) is 21.0 Å². The van der Waals surface area contributed by atoms with Gasteiger partial charge in [-0.3, -0.25) is 29.5 Å². The third-order valence-electron chi connectivity index (χ3n) is 5.70. The predicted molar refractivity (Wildman–Crippen MR) is 121 cm³/mol. The number of hydrogen-bond acceptors (Lipinski definition) is 10. The van der Waals surface area contributed by atoms with Crippen molar-refractivity contribution in [3.63, 3.8) is 0 Å². The molecule has 1 fully saturated rings. The van der Waals surface area contributed by atoms with Crippen LogP contribution in [0, 0.1) is 0 Å². The number of amides is 2. The van der Waals surface area contributed by atoms with E-state index in [1.165, 1.54) is 35.5 Å². The number of rotatable bonds is 5. The smallest absolute Gasteiger partial charge is 0.295 e. The third-order valence-corrected chi connectivity index (χ3v) is 5.70. The fraction of sp³-hybridized carbons (Fsp3) is 0.238. The number of nitrogen functional groups attached to an aromatic ring is 1. The Morgan fingerprint density at radius 1 is 1.06 bits per heavy atom. The van der Waals surface area contributed by atoms with Gasteiger partial charge in [0.2, 0.25) is 11.8 Å². The van der Waals surface area contributed by atoms with Gasteiger partial charge in [-0.15, -0.1) is 5.10 Å². The molecule has 5 heterocycles. The van der Waals surface area contributed by atoms with E-state index in [0.717, 1.165) is 0 Å². The molecule has 4 N–H and O–H groups in total. The summed E-state index contributed by atoms with van der Waals surface area (Å²) in [6, 6.07) is 0. The molecule has 0 unspecified atom stereocenters. The van der Waals surface area contributed by atoms with Gasteiger partial charge < -0.3 is 25.3 Å². The Bertz CT molecular complexity index is 1420. The van der Waals surface area contributed by atoms with Gasteiger partial charge in [-0.25, -0.2) is 4.98 Å². The van der Waals surface area contributed by atoms with Crippen LogP contribution >= 0.6 is 0 Å². The normalized spacial score (nSPS) is 13.7. The molecule has 5 rings (SSSR count). The summed E-state index contributed by atoms with van der Waals surface area (Å²) in [4.78, 5) is 61.3. The summed E-state index contributed by atoms with van der Waals surface area (Å²) in [5.74, 6) is -1.42. The number of hydrogen-bond donors (Lipinski definition) is 3. The van der Waals surface area contributed by atoms with Gasteiger partial charge in [-0.05, 0) is 0 Å². The molecule has 14 nitrogen and oxygen atoms in total. The number of ketones is 1. The summed E-state index contributed by atoms with van der Waals surface area (Å²) in [7, 11) is 1.46. The van der Waals surface area contributed by atoms with Gasteiger partial charge in [0.15, 0.2) is 0 Å². The third kappa shape index (κ3) is 3.90. The van der Waals surface area contributed by atoms with Crippen LogP contribution < -0.4 is 10.5 Å². The Morgan fingerprint density at radius 2 is 1.83 bits per heavy atom. The Morgan fingerprint density at radius 3 is 2.49 bits per heavy atom. The zero-order valence-corrected chi connectivity index (χ0v) is 18.6. The molecular weight excluding hydrogens is 456 g/mol. The minimum absolute atomic E-state index is 0.0248. The molecule has 178 valence electrons. The number of aromatic nitrogens is 7. The van der Waals surface area contributed by atoms with Crippen molar-refractivity contribution < 1.29 is 19.1 Å². The first-order valence-electron chi connectivity index (χ1n) is 10.6.